The summed E-state index contributed by atoms with van der Waals surface area (Å²) in [7, 11) is 1.53. The number of nitrogens with zero attached hydrogens (tertiary/aromatic N) is 1. The normalized spacial score (nSPS) is 11.4. The summed E-state index contributed by atoms with van der Waals surface area (Å²) in [5.74, 6) is -1.38. The molecule has 0 saturated heterocycles. The second kappa shape index (κ2) is 7.96. The molecule has 1 unspecified atom stereocenters. The van der Waals surface area contributed by atoms with Crippen molar-refractivity contribution in [1.82, 2.24) is 5.32 Å². The van der Waals surface area contributed by atoms with E-state index >= 15 is 0 Å². The summed E-state index contributed by atoms with van der Waals surface area (Å²) in [6.45, 7) is 0.864. The summed E-state index contributed by atoms with van der Waals surface area (Å²) in [6.07, 6.45) is 0. The number of nitrogens with one attached hydrogen (secondary N) is 1. The molecule has 0 amide bonds. The van der Waals surface area contributed by atoms with Crippen molar-refractivity contribution in [1.29, 1.82) is 5.26 Å². The fourth-order valence-electron chi connectivity index (χ4n) is 1.29. The molecular weight excluding hydrogens is 250 g/mol. The van der Waals surface area contributed by atoms with E-state index in [1.165, 1.54) is 7.11 Å². The molecule has 0 aliphatic rings. The van der Waals surface area contributed by atoms with Crippen molar-refractivity contribution in [2.75, 3.05) is 20.3 Å². The monoisotopic (exact) mass is 262 g/mol. The second-order valence-electron chi connectivity index (χ2n) is 3.21. The third-order valence-corrected chi connectivity index (χ3v) is 2.00. The van der Waals surface area contributed by atoms with Gasteiger partial charge in [0.1, 0.15) is 17.7 Å². The molecule has 1 aromatic carbocycles. The van der Waals surface area contributed by atoms with Gasteiger partial charge in [0, 0.05) is 19.7 Å². The fourth-order valence-corrected chi connectivity index (χ4v) is 1.29. The van der Waals surface area contributed by atoms with Crippen LogP contribution in [0.4, 0.5) is 8.78 Å². The van der Waals surface area contributed by atoms with Crippen LogP contribution in [0.2, 0.25) is 0 Å². The van der Waals surface area contributed by atoms with Crippen molar-refractivity contribution in [2.45, 2.75) is 6.04 Å². The number of halogens is 3. The highest BCUT2D eigenvalue weighted by molar-refractivity contribution is 5.85. The van der Waals surface area contributed by atoms with Gasteiger partial charge < -0.3 is 4.74 Å². The second-order valence-corrected chi connectivity index (χ2v) is 3.21. The Morgan fingerprint density at radius 2 is 1.94 bits per heavy atom. The Balaban J connectivity index is 0.00000256. The van der Waals surface area contributed by atoms with Gasteiger partial charge in [-0.3, -0.25) is 5.32 Å². The van der Waals surface area contributed by atoms with E-state index in [1.54, 1.807) is 0 Å². The largest absolute Gasteiger partial charge is 0.383 e. The third-order valence-electron chi connectivity index (χ3n) is 2.00. The summed E-state index contributed by atoms with van der Waals surface area (Å²) in [5.41, 5.74) is 0.274. The Labute approximate surface area is 105 Å². The maximum atomic E-state index is 12.9. The lowest BCUT2D eigenvalue weighted by atomic mass is 10.1. The van der Waals surface area contributed by atoms with E-state index in [9.17, 15) is 8.78 Å². The molecular formula is C11H13ClF2N2O. The van der Waals surface area contributed by atoms with E-state index in [2.05, 4.69) is 5.32 Å². The number of ether oxygens (including phenoxy) is 1. The number of benzene rings is 1. The van der Waals surface area contributed by atoms with Gasteiger partial charge in [-0.25, -0.2) is 8.78 Å². The van der Waals surface area contributed by atoms with Crippen LogP contribution in [0.25, 0.3) is 0 Å². The molecule has 1 N–H and O–H groups in total. The van der Waals surface area contributed by atoms with Crippen LogP contribution in [0.1, 0.15) is 11.6 Å². The lowest BCUT2D eigenvalue weighted by molar-refractivity contribution is 0.198. The van der Waals surface area contributed by atoms with Crippen LogP contribution >= 0.6 is 12.4 Å². The number of hydrogen-bond acceptors (Lipinski definition) is 3. The Hall–Kier alpha value is -1.22. The standard InChI is InChI=1S/C11H12F2N2O.ClH/c1-16-3-2-15-11(7-14)8-4-9(12)6-10(13)5-8;/h4-6,11,15H,2-3H2,1H3;1H. The van der Waals surface area contributed by atoms with Crippen molar-refractivity contribution in [3.8, 4) is 6.07 Å². The van der Waals surface area contributed by atoms with Gasteiger partial charge in [-0.2, -0.15) is 5.26 Å². The van der Waals surface area contributed by atoms with E-state index in [4.69, 9.17) is 10.00 Å². The van der Waals surface area contributed by atoms with Crippen LogP contribution < -0.4 is 5.32 Å². The summed E-state index contributed by atoms with van der Waals surface area (Å²) in [6, 6.07) is 4.24. The van der Waals surface area contributed by atoms with Gasteiger partial charge >= 0.3 is 0 Å². The van der Waals surface area contributed by atoms with Gasteiger partial charge in [-0.05, 0) is 17.7 Å². The van der Waals surface area contributed by atoms with E-state index in [0.717, 1.165) is 18.2 Å². The van der Waals surface area contributed by atoms with Gasteiger partial charge in [0.25, 0.3) is 0 Å². The fraction of sp³-hybridized carbons (Fsp3) is 0.364. The van der Waals surface area contributed by atoms with Crippen molar-refractivity contribution >= 4 is 12.4 Å². The molecule has 0 aromatic heterocycles. The summed E-state index contributed by atoms with van der Waals surface area (Å²) in [4.78, 5) is 0. The summed E-state index contributed by atoms with van der Waals surface area (Å²) < 4.78 is 30.6. The van der Waals surface area contributed by atoms with Crippen molar-refractivity contribution in [3.05, 3.63) is 35.4 Å². The number of nitriles is 1. The van der Waals surface area contributed by atoms with Gasteiger partial charge in [-0.15, -0.1) is 12.4 Å². The van der Waals surface area contributed by atoms with Gasteiger partial charge in [-0.1, -0.05) is 0 Å². The molecule has 0 aliphatic carbocycles. The lowest BCUT2D eigenvalue weighted by Gasteiger charge is -2.11. The zero-order chi connectivity index (χ0) is 12.0. The maximum absolute atomic E-state index is 12.9. The zero-order valence-corrected chi connectivity index (χ0v) is 10.1. The summed E-state index contributed by atoms with van der Waals surface area (Å²) >= 11 is 0. The molecule has 17 heavy (non-hydrogen) atoms. The molecule has 0 heterocycles. The number of hydrogen-bond donors (Lipinski definition) is 1. The Kier molecular flexibility index (Phi) is 7.39. The molecule has 6 heteroatoms. The quantitative estimate of drug-likeness (QED) is 0.828. The van der Waals surface area contributed by atoms with Gasteiger partial charge in [0.15, 0.2) is 0 Å². The molecule has 0 saturated carbocycles. The van der Waals surface area contributed by atoms with E-state index in [-0.39, 0.29) is 18.0 Å². The first-order valence-corrected chi connectivity index (χ1v) is 4.75. The van der Waals surface area contributed by atoms with Crippen LogP contribution in [0.3, 0.4) is 0 Å². The van der Waals surface area contributed by atoms with E-state index < -0.39 is 17.7 Å². The summed E-state index contributed by atoms with van der Waals surface area (Å²) in [5, 5.41) is 11.7. The topological polar surface area (TPSA) is 45.0 Å². The smallest absolute Gasteiger partial charge is 0.126 e. The van der Waals surface area contributed by atoms with Crippen LogP contribution in [-0.2, 0) is 4.74 Å². The Bertz CT molecular complexity index is 375. The zero-order valence-electron chi connectivity index (χ0n) is 9.24. The van der Waals surface area contributed by atoms with Crippen molar-refractivity contribution in [2.24, 2.45) is 0 Å². The molecule has 0 aliphatic heterocycles. The van der Waals surface area contributed by atoms with E-state index in [1.807, 2.05) is 6.07 Å². The molecule has 1 atom stereocenters. The molecule has 94 valence electrons. The minimum atomic E-state index is -0.736. The third kappa shape index (κ3) is 5.09. The van der Waals surface area contributed by atoms with Crippen molar-refractivity contribution < 1.29 is 13.5 Å². The Morgan fingerprint density at radius 3 is 2.41 bits per heavy atom. The van der Waals surface area contributed by atoms with Crippen LogP contribution in [0.5, 0.6) is 0 Å². The number of methoxy groups -OCH3 is 1. The van der Waals surface area contributed by atoms with Crippen molar-refractivity contribution in [3.63, 3.8) is 0 Å². The molecule has 1 aromatic rings. The average Bonchev–Trinajstić information content (AvgIpc) is 2.23. The first-order chi connectivity index (χ1) is 7.67. The van der Waals surface area contributed by atoms with Crippen LogP contribution in [0.15, 0.2) is 18.2 Å². The molecule has 0 fully saturated rings. The number of rotatable bonds is 5. The molecule has 0 spiro atoms. The molecule has 0 bridgehead atoms. The first-order valence-electron chi connectivity index (χ1n) is 4.75. The minimum Gasteiger partial charge on any atom is -0.383 e. The van der Waals surface area contributed by atoms with Gasteiger partial charge in [0.05, 0.1) is 12.7 Å². The maximum Gasteiger partial charge on any atom is 0.126 e. The predicted molar refractivity (Wildman–Crippen MR) is 61.8 cm³/mol. The average molecular weight is 263 g/mol. The van der Waals surface area contributed by atoms with E-state index in [0.29, 0.717) is 13.2 Å². The molecule has 3 nitrogen and oxygen atoms in total. The van der Waals surface area contributed by atoms with Crippen LogP contribution in [-0.4, -0.2) is 20.3 Å². The Morgan fingerprint density at radius 1 is 1.35 bits per heavy atom. The highest BCUT2D eigenvalue weighted by Crippen LogP contribution is 2.15. The predicted octanol–water partition coefficient (Wildman–Crippen LogP) is 2.19. The minimum absolute atomic E-state index is 0. The molecule has 0 radical (unpaired) electrons. The van der Waals surface area contributed by atoms with Gasteiger partial charge in [0.2, 0.25) is 0 Å². The van der Waals surface area contributed by atoms with Crippen LogP contribution in [0, 0.1) is 23.0 Å². The first kappa shape index (κ1) is 15.8. The molecule has 1 rings (SSSR count). The highest BCUT2D eigenvalue weighted by Gasteiger charge is 2.11. The SMILES string of the molecule is COCCNC(C#N)c1cc(F)cc(F)c1.Cl. The lowest BCUT2D eigenvalue weighted by Crippen LogP contribution is -2.24. The highest BCUT2D eigenvalue weighted by atomic mass is 35.5.